The van der Waals surface area contributed by atoms with Gasteiger partial charge in [0.1, 0.15) is 12.2 Å². The standard InChI is InChI=1S/C44H89NO5/c1-3-5-7-9-11-13-15-17-19-20-21-22-24-25-27-29-31-33-35-37-41(47)43(49)40(39-46)45-44(50)42(48)38-36-34-32-30-28-26-23-18-16-14-12-10-8-6-4-2/h40-43,46-49H,3-39H2,1-2H3,(H,45,50). The minimum Gasteiger partial charge on any atom is -0.394 e. The number of nitrogens with one attached hydrogen (secondary N) is 1. The van der Waals surface area contributed by atoms with Crippen LogP contribution >= 0.6 is 0 Å². The van der Waals surface area contributed by atoms with Gasteiger partial charge in [-0.05, 0) is 12.8 Å². The summed E-state index contributed by atoms with van der Waals surface area (Å²) >= 11 is 0. The summed E-state index contributed by atoms with van der Waals surface area (Å²) in [5.74, 6) is -0.579. The van der Waals surface area contributed by atoms with E-state index in [4.69, 9.17) is 0 Å². The third kappa shape index (κ3) is 33.2. The fourth-order valence-corrected chi connectivity index (χ4v) is 7.23. The molecule has 5 N–H and O–H groups in total. The van der Waals surface area contributed by atoms with Gasteiger partial charge in [0.05, 0.1) is 18.8 Å². The van der Waals surface area contributed by atoms with Gasteiger partial charge in [0.2, 0.25) is 5.91 Å². The zero-order valence-corrected chi connectivity index (χ0v) is 33.7. The van der Waals surface area contributed by atoms with Crippen molar-refractivity contribution in [3.63, 3.8) is 0 Å². The van der Waals surface area contributed by atoms with Crippen molar-refractivity contribution in [1.29, 1.82) is 0 Å². The first-order valence-corrected chi connectivity index (χ1v) is 22.4. The molecule has 0 radical (unpaired) electrons. The number of carbonyl (C=O) groups excluding carboxylic acids is 1. The maximum atomic E-state index is 12.5. The van der Waals surface area contributed by atoms with E-state index in [0.717, 1.165) is 38.5 Å². The van der Waals surface area contributed by atoms with Crippen molar-refractivity contribution in [3.05, 3.63) is 0 Å². The van der Waals surface area contributed by atoms with Gasteiger partial charge in [-0.15, -0.1) is 0 Å². The number of hydrogen-bond acceptors (Lipinski definition) is 5. The molecule has 6 heteroatoms. The Morgan fingerprint density at radius 1 is 0.420 bits per heavy atom. The van der Waals surface area contributed by atoms with Gasteiger partial charge >= 0.3 is 0 Å². The lowest BCUT2D eigenvalue weighted by atomic mass is 9.99. The second kappa shape index (κ2) is 39.5. The number of unbranched alkanes of at least 4 members (excludes halogenated alkanes) is 32. The molecule has 4 unspecified atom stereocenters. The molecule has 0 bridgehead atoms. The van der Waals surface area contributed by atoms with Gasteiger partial charge in [0.25, 0.3) is 0 Å². The molecule has 0 heterocycles. The second-order valence-corrected chi connectivity index (χ2v) is 15.8. The van der Waals surface area contributed by atoms with E-state index in [-0.39, 0.29) is 0 Å². The molecule has 0 aliphatic carbocycles. The number of hydrogen-bond donors (Lipinski definition) is 5. The lowest BCUT2D eigenvalue weighted by Gasteiger charge is -2.27. The SMILES string of the molecule is CCCCCCCCCCCCCCCCCCCCCC(O)C(O)C(CO)NC(=O)C(O)CCCCCCCCCCCCCCCCC. The largest absolute Gasteiger partial charge is 0.394 e. The Labute approximate surface area is 311 Å². The Hall–Kier alpha value is -0.690. The van der Waals surface area contributed by atoms with Crippen LogP contribution in [0.2, 0.25) is 0 Å². The zero-order chi connectivity index (χ0) is 36.8. The molecule has 6 nitrogen and oxygen atoms in total. The average molecular weight is 712 g/mol. The molecule has 0 aliphatic rings. The van der Waals surface area contributed by atoms with Crippen LogP contribution in [-0.2, 0) is 4.79 Å². The molecular weight excluding hydrogens is 622 g/mol. The summed E-state index contributed by atoms with van der Waals surface area (Å²) in [5.41, 5.74) is 0. The van der Waals surface area contributed by atoms with Gasteiger partial charge < -0.3 is 25.7 Å². The van der Waals surface area contributed by atoms with E-state index in [9.17, 15) is 25.2 Å². The van der Waals surface area contributed by atoms with Crippen LogP contribution < -0.4 is 5.32 Å². The Bertz CT molecular complexity index is 677. The Kier molecular flexibility index (Phi) is 39.0. The van der Waals surface area contributed by atoms with E-state index in [1.165, 1.54) is 180 Å². The zero-order valence-electron chi connectivity index (χ0n) is 33.7. The highest BCUT2D eigenvalue weighted by Gasteiger charge is 2.28. The number of aliphatic hydroxyl groups excluding tert-OH is 4. The Morgan fingerprint density at radius 3 is 0.960 bits per heavy atom. The van der Waals surface area contributed by atoms with Gasteiger partial charge in [-0.1, -0.05) is 232 Å². The second-order valence-electron chi connectivity index (χ2n) is 15.8. The van der Waals surface area contributed by atoms with Gasteiger partial charge in [0.15, 0.2) is 0 Å². The average Bonchev–Trinajstić information content (AvgIpc) is 3.12. The fourth-order valence-electron chi connectivity index (χ4n) is 7.23. The number of aliphatic hydroxyl groups is 4. The third-order valence-electron chi connectivity index (χ3n) is 10.8. The lowest BCUT2D eigenvalue weighted by Crippen LogP contribution is -2.53. The van der Waals surface area contributed by atoms with Crippen molar-refractivity contribution in [2.24, 2.45) is 0 Å². The highest BCUT2D eigenvalue weighted by atomic mass is 16.3. The first kappa shape index (κ1) is 49.3. The molecule has 0 rings (SSSR count). The third-order valence-corrected chi connectivity index (χ3v) is 10.8. The van der Waals surface area contributed by atoms with Crippen LogP contribution in [-0.4, -0.2) is 57.3 Å². The van der Waals surface area contributed by atoms with E-state index in [1.54, 1.807) is 0 Å². The summed E-state index contributed by atoms with van der Waals surface area (Å²) in [6.45, 7) is 4.07. The van der Waals surface area contributed by atoms with Crippen molar-refractivity contribution in [3.8, 4) is 0 Å². The lowest BCUT2D eigenvalue weighted by molar-refractivity contribution is -0.132. The number of amides is 1. The molecule has 0 saturated heterocycles. The molecule has 0 fully saturated rings. The summed E-state index contributed by atoms with van der Waals surface area (Å²) in [7, 11) is 0. The number of rotatable bonds is 41. The van der Waals surface area contributed by atoms with Crippen LogP contribution in [0.5, 0.6) is 0 Å². The molecule has 0 saturated carbocycles. The molecule has 300 valence electrons. The van der Waals surface area contributed by atoms with Gasteiger partial charge in [0, 0.05) is 0 Å². The predicted octanol–water partition coefficient (Wildman–Crippen LogP) is 11.6. The molecule has 0 spiro atoms. The van der Waals surface area contributed by atoms with Crippen LogP contribution in [0.15, 0.2) is 0 Å². The quantitative estimate of drug-likeness (QED) is 0.0406. The summed E-state index contributed by atoms with van der Waals surface area (Å²) in [6.07, 6.45) is 41.3. The van der Waals surface area contributed by atoms with Crippen LogP contribution in [0.3, 0.4) is 0 Å². The maximum Gasteiger partial charge on any atom is 0.249 e. The highest BCUT2D eigenvalue weighted by molar-refractivity contribution is 5.80. The molecule has 0 aromatic heterocycles. The van der Waals surface area contributed by atoms with Crippen LogP contribution in [0.4, 0.5) is 0 Å². The molecule has 50 heavy (non-hydrogen) atoms. The molecular formula is C44H89NO5. The summed E-state index contributed by atoms with van der Waals surface area (Å²) in [6, 6.07) is -0.978. The fraction of sp³-hybridized carbons (Fsp3) is 0.977. The molecule has 4 atom stereocenters. The minimum atomic E-state index is -1.25. The monoisotopic (exact) mass is 712 g/mol. The maximum absolute atomic E-state index is 12.5. The van der Waals surface area contributed by atoms with Crippen molar-refractivity contribution in [2.75, 3.05) is 6.61 Å². The van der Waals surface area contributed by atoms with Crippen molar-refractivity contribution >= 4 is 5.91 Å². The first-order valence-electron chi connectivity index (χ1n) is 22.4. The van der Waals surface area contributed by atoms with E-state index in [0.29, 0.717) is 12.8 Å². The topological polar surface area (TPSA) is 110 Å². The van der Waals surface area contributed by atoms with Crippen LogP contribution in [0.25, 0.3) is 0 Å². The van der Waals surface area contributed by atoms with Crippen LogP contribution in [0, 0.1) is 0 Å². The summed E-state index contributed by atoms with van der Waals surface area (Å²) in [5, 5.41) is 43.7. The van der Waals surface area contributed by atoms with Gasteiger partial charge in [-0.2, -0.15) is 0 Å². The van der Waals surface area contributed by atoms with E-state index >= 15 is 0 Å². The van der Waals surface area contributed by atoms with Crippen LogP contribution in [0.1, 0.15) is 245 Å². The minimum absolute atomic E-state index is 0.375. The number of carbonyl (C=O) groups is 1. The Balaban J connectivity index is 3.69. The van der Waals surface area contributed by atoms with Gasteiger partial charge in [-0.3, -0.25) is 4.79 Å². The molecule has 0 aromatic rings. The highest BCUT2D eigenvalue weighted by Crippen LogP contribution is 2.17. The smallest absolute Gasteiger partial charge is 0.249 e. The molecule has 0 aromatic carbocycles. The molecule has 0 aliphatic heterocycles. The van der Waals surface area contributed by atoms with Gasteiger partial charge in [-0.25, -0.2) is 0 Å². The van der Waals surface area contributed by atoms with Crippen molar-refractivity contribution in [2.45, 2.75) is 269 Å². The van der Waals surface area contributed by atoms with E-state index < -0.39 is 36.9 Å². The van der Waals surface area contributed by atoms with Crippen molar-refractivity contribution < 1.29 is 25.2 Å². The van der Waals surface area contributed by atoms with Crippen molar-refractivity contribution in [1.82, 2.24) is 5.32 Å². The molecule has 1 amide bonds. The summed E-state index contributed by atoms with van der Waals surface area (Å²) in [4.78, 5) is 12.5. The first-order chi connectivity index (χ1) is 24.5. The predicted molar refractivity (Wildman–Crippen MR) is 215 cm³/mol. The van der Waals surface area contributed by atoms with E-state index in [1.807, 2.05) is 0 Å². The normalized spacial score (nSPS) is 14.1. The van der Waals surface area contributed by atoms with E-state index in [2.05, 4.69) is 19.2 Å². The summed E-state index contributed by atoms with van der Waals surface area (Å²) < 4.78 is 0. The Morgan fingerprint density at radius 2 is 0.680 bits per heavy atom.